The molecule has 5 nitrogen and oxygen atoms in total. The molecule has 1 aromatic heterocycles. The zero-order chi connectivity index (χ0) is 14.4. The van der Waals surface area contributed by atoms with Gasteiger partial charge in [0.25, 0.3) is 0 Å². The summed E-state index contributed by atoms with van der Waals surface area (Å²) in [5.74, 6) is 1.69. The van der Waals surface area contributed by atoms with Gasteiger partial charge in [0.2, 0.25) is 0 Å². The van der Waals surface area contributed by atoms with Crippen molar-refractivity contribution in [2.75, 3.05) is 38.6 Å². The van der Waals surface area contributed by atoms with Gasteiger partial charge in [-0.2, -0.15) is 0 Å². The molecule has 5 heteroatoms. The molecule has 0 fully saturated rings. The van der Waals surface area contributed by atoms with Crippen LogP contribution < -0.4 is 10.1 Å². The van der Waals surface area contributed by atoms with Crippen molar-refractivity contribution in [1.82, 2.24) is 14.9 Å². The molecule has 0 saturated heterocycles. The van der Waals surface area contributed by atoms with Gasteiger partial charge in [-0.15, -0.1) is 0 Å². The van der Waals surface area contributed by atoms with E-state index < -0.39 is 0 Å². The maximum atomic E-state index is 5.22. The second kappa shape index (κ2) is 7.05. The predicted molar refractivity (Wildman–Crippen MR) is 82.4 cm³/mol. The lowest BCUT2D eigenvalue weighted by Crippen LogP contribution is -2.28. The molecule has 0 amide bonds. The fraction of sp³-hybridized carbons (Fsp3) is 0.467. The average Bonchev–Trinajstić information content (AvgIpc) is 2.51. The zero-order valence-electron chi connectivity index (χ0n) is 12.4. The van der Waals surface area contributed by atoms with Gasteiger partial charge in [0, 0.05) is 24.5 Å². The van der Waals surface area contributed by atoms with Crippen LogP contribution in [0.3, 0.4) is 0 Å². The number of likely N-dealkylation sites (N-methyl/N-ethyl adjacent to an activating group) is 1. The number of hydrogen-bond acceptors (Lipinski definition) is 5. The molecule has 1 heterocycles. The van der Waals surface area contributed by atoms with E-state index in [1.165, 1.54) is 0 Å². The van der Waals surface area contributed by atoms with Crippen LogP contribution in [0, 0.1) is 0 Å². The highest BCUT2D eigenvalue weighted by molar-refractivity contribution is 5.89. The summed E-state index contributed by atoms with van der Waals surface area (Å²) in [5, 5.41) is 4.41. The lowest BCUT2D eigenvalue weighted by molar-refractivity contribution is 0.316. The Morgan fingerprint density at radius 2 is 2.00 bits per heavy atom. The Morgan fingerprint density at radius 1 is 1.20 bits per heavy atom. The topological polar surface area (TPSA) is 50.3 Å². The fourth-order valence-corrected chi connectivity index (χ4v) is 2.18. The van der Waals surface area contributed by atoms with Crippen molar-refractivity contribution in [2.24, 2.45) is 0 Å². The second-order valence-corrected chi connectivity index (χ2v) is 4.56. The summed E-state index contributed by atoms with van der Waals surface area (Å²) in [7, 11) is 1.66. The number of nitrogens with one attached hydrogen (secondary N) is 1. The van der Waals surface area contributed by atoms with Crippen LogP contribution in [0.5, 0.6) is 5.75 Å². The lowest BCUT2D eigenvalue weighted by Gasteiger charge is -2.18. The molecule has 20 heavy (non-hydrogen) atoms. The van der Waals surface area contributed by atoms with Gasteiger partial charge >= 0.3 is 0 Å². The van der Waals surface area contributed by atoms with Crippen LogP contribution in [0.15, 0.2) is 24.5 Å². The number of benzene rings is 1. The third kappa shape index (κ3) is 3.36. The number of anilines is 1. The second-order valence-electron chi connectivity index (χ2n) is 4.56. The van der Waals surface area contributed by atoms with Gasteiger partial charge in [-0.05, 0) is 25.2 Å². The Balaban J connectivity index is 2.10. The maximum absolute atomic E-state index is 5.22. The van der Waals surface area contributed by atoms with Crippen LogP contribution >= 0.6 is 0 Å². The predicted octanol–water partition coefficient (Wildman–Crippen LogP) is 2.39. The number of methoxy groups -OCH3 is 1. The number of aromatic nitrogens is 2. The first kappa shape index (κ1) is 14.5. The molecule has 1 aromatic carbocycles. The van der Waals surface area contributed by atoms with Gasteiger partial charge in [-0.1, -0.05) is 13.8 Å². The van der Waals surface area contributed by atoms with E-state index in [1.807, 2.05) is 18.2 Å². The van der Waals surface area contributed by atoms with E-state index in [4.69, 9.17) is 4.74 Å². The quantitative estimate of drug-likeness (QED) is 0.840. The largest absolute Gasteiger partial charge is 0.497 e. The molecule has 0 saturated carbocycles. The van der Waals surface area contributed by atoms with Crippen molar-refractivity contribution in [3.8, 4) is 5.75 Å². The normalized spacial score (nSPS) is 11.0. The van der Waals surface area contributed by atoms with Crippen LogP contribution in [0.2, 0.25) is 0 Å². The van der Waals surface area contributed by atoms with E-state index in [0.29, 0.717) is 0 Å². The molecule has 0 unspecified atom stereocenters. The smallest absolute Gasteiger partial charge is 0.137 e. The first-order chi connectivity index (χ1) is 9.78. The molecule has 2 rings (SSSR count). The van der Waals surface area contributed by atoms with Crippen LogP contribution in [-0.4, -0.2) is 48.2 Å². The van der Waals surface area contributed by atoms with Crippen molar-refractivity contribution in [1.29, 1.82) is 0 Å². The molecule has 0 radical (unpaired) electrons. The van der Waals surface area contributed by atoms with E-state index in [0.717, 1.165) is 48.6 Å². The Bertz CT molecular complexity index is 555. The van der Waals surface area contributed by atoms with Crippen molar-refractivity contribution in [3.63, 3.8) is 0 Å². The summed E-state index contributed by atoms with van der Waals surface area (Å²) in [6, 6.07) is 5.85. The van der Waals surface area contributed by atoms with Crippen LogP contribution in [0.1, 0.15) is 13.8 Å². The SMILES string of the molecule is CCN(CC)CCNc1ncnc2cc(OC)ccc12. The van der Waals surface area contributed by atoms with Crippen LogP contribution in [0.4, 0.5) is 5.82 Å². The summed E-state index contributed by atoms with van der Waals surface area (Å²) in [5.41, 5.74) is 0.893. The number of ether oxygens (including phenoxy) is 1. The van der Waals surface area contributed by atoms with Crippen molar-refractivity contribution >= 4 is 16.7 Å². The molecule has 2 aromatic rings. The van der Waals surface area contributed by atoms with Crippen molar-refractivity contribution in [2.45, 2.75) is 13.8 Å². The molecule has 0 aliphatic carbocycles. The Labute approximate surface area is 120 Å². The van der Waals surface area contributed by atoms with E-state index in [-0.39, 0.29) is 0 Å². The van der Waals surface area contributed by atoms with Gasteiger partial charge in [0.05, 0.1) is 12.6 Å². The monoisotopic (exact) mass is 274 g/mol. The van der Waals surface area contributed by atoms with Gasteiger partial charge in [0.1, 0.15) is 17.9 Å². The number of nitrogens with zero attached hydrogens (tertiary/aromatic N) is 3. The number of fused-ring (bicyclic) bond motifs is 1. The summed E-state index contributed by atoms with van der Waals surface area (Å²) < 4.78 is 5.22. The summed E-state index contributed by atoms with van der Waals surface area (Å²) in [6.07, 6.45) is 1.58. The summed E-state index contributed by atoms with van der Waals surface area (Å²) in [4.78, 5) is 11.0. The van der Waals surface area contributed by atoms with Crippen molar-refractivity contribution < 1.29 is 4.74 Å². The molecule has 1 N–H and O–H groups in total. The lowest BCUT2D eigenvalue weighted by atomic mass is 10.2. The van der Waals surface area contributed by atoms with Gasteiger partial charge in [-0.25, -0.2) is 9.97 Å². The fourth-order valence-electron chi connectivity index (χ4n) is 2.18. The molecular formula is C15H22N4O. The Morgan fingerprint density at radius 3 is 2.70 bits per heavy atom. The van der Waals surface area contributed by atoms with Crippen LogP contribution in [0.25, 0.3) is 10.9 Å². The van der Waals surface area contributed by atoms with E-state index >= 15 is 0 Å². The third-order valence-electron chi connectivity index (χ3n) is 3.46. The Hall–Kier alpha value is -1.88. The summed E-state index contributed by atoms with van der Waals surface area (Å²) in [6.45, 7) is 8.37. The molecule has 0 aliphatic heterocycles. The first-order valence-corrected chi connectivity index (χ1v) is 7.03. The van der Waals surface area contributed by atoms with Gasteiger partial charge in [-0.3, -0.25) is 0 Å². The first-order valence-electron chi connectivity index (χ1n) is 7.03. The van der Waals surface area contributed by atoms with E-state index in [2.05, 4.69) is 34.0 Å². The van der Waals surface area contributed by atoms with Crippen LogP contribution in [-0.2, 0) is 0 Å². The molecular weight excluding hydrogens is 252 g/mol. The minimum Gasteiger partial charge on any atom is -0.497 e. The highest BCUT2D eigenvalue weighted by Gasteiger charge is 2.05. The minimum atomic E-state index is 0.810. The highest BCUT2D eigenvalue weighted by Crippen LogP contribution is 2.23. The van der Waals surface area contributed by atoms with E-state index in [9.17, 15) is 0 Å². The average molecular weight is 274 g/mol. The third-order valence-corrected chi connectivity index (χ3v) is 3.46. The molecule has 0 atom stereocenters. The highest BCUT2D eigenvalue weighted by atomic mass is 16.5. The van der Waals surface area contributed by atoms with Gasteiger partial charge < -0.3 is 15.0 Å². The van der Waals surface area contributed by atoms with E-state index in [1.54, 1.807) is 13.4 Å². The van der Waals surface area contributed by atoms with Crippen molar-refractivity contribution in [3.05, 3.63) is 24.5 Å². The number of hydrogen-bond donors (Lipinski definition) is 1. The van der Waals surface area contributed by atoms with Gasteiger partial charge in [0.15, 0.2) is 0 Å². The maximum Gasteiger partial charge on any atom is 0.137 e. The minimum absolute atomic E-state index is 0.810. The molecule has 0 aliphatic rings. The Kier molecular flexibility index (Phi) is 5.12. The standard InChI is InChI=1S/C15H22N4O/c1-4-19(5-2)9-8-16-15-13-7-6-12(20-3)10-14(13)17-11-18-15/h6-7,10-11H,4-5,8-9H2,1-3H3,(H,16,17,18). The molecule has 0 spiro atoms. The molecule has 0 bridgehead atoms. The molecule has 108 valence electrons. The summed E-state index contributed by atoms with van der Waals surface area (Å²) >= 11 is 0. The zero-order valence-corrected chi connectivity index (χ0v) is 12.4. The number of rotatable bonds is 7.